The summed E-state index contributed by atoms with van der Waals surface area (Å²) in [6.07, 6.45) is 0. The molecule has 110 valence electrons. The van der Waals surface area contributed by atoms with Gasteiger partial charge >= 0.3 is 0 Å². The molecule has 0 atom stereocenters. The Kier molecular flexibility index (Phi) is 5.27. The molecule has 0 saturated heterocycles. The molecular formula is C15H17BrN4O. The van der Waals surface area contributed by atoms with Crippen molar-refractivity contribution in [1.82, 2.24) is 15.5 Å². The number of aromatic nitrogens is 2. The fourth-order valence-corrected chi connectivity index (χ4v) is 2.02. The fraction of sp³-hybridized carbons (Fsp3) is 0.267. The molecule has 5 nitrogen and oxygen atoms in total. The zero-order chi connectivity index (χ0) is 15.2. The predicted octanol–water partition coefficient (Wildman–Crippen LogP) is 3.37. The SMILES string of the molecule is CC(C)CNC(=O)c1ccc(Nc2cccc(Br)c2)nn1. The Morgan fingerprint density at radius 1 is 1.24 bits per heavy atom. The first-order valence-corrected chi connectivity index (χ1v) is 7.48. The Labute approximate surface area is 132 Å². The molecule has 2 aromatic rings. The van der Waals surface area contributed by atoms with Gasteiger partial charge in [0.05, 0.1) is 0 Å². The predicted molar refractivity (Wildman–Crippen MR) is 86.6 cm³/mol. The van der Waals surface area contributed by atoms with Crippen molar-refractivity contribution in [3.8, 4) is 0 Å². The molecule has 0 bridgehead atoms. The summed E-state index contributed by atoms with van der Waals surface area (Å²) < 4.78 is 0.977. The number of amides is 1. The Morgan fingerprint density at radius 2 is 2.05 bits per heavy atom. The molecule has 1 heterocycles. The third-order valence-electron chi connectivity index (χ3n) is 2.67. The number of hydrogen-bond donors (Lipinski definition) is 2. The molecule has 0 radical (unpaired) electrons. The van der Waals surface area contributed by atoms with E-state index >= 15 is 0 Å². The van der Waals surface area contributed by atoms with Gasteiger partial charge in [0.15, 0.2) is 11.5 Å². The highest BCUT2D eigenvalue weighted by Gasteiger charge is 2.08. The van der Waals surface area contributed by atoms with Crippen molar-refractivity contribution in [2.45, 2.75) is 13.8 Å². The van der Waals surface area contributed by atoms with E-state index < -0.39 is 0 Å². The molecule has 0 fully saturated rings. The highest BCUT2D eigenvalue weighted by Crippen LogP contribution is 2.18. The summed E-state index contributed by atoms with van der Waals surface area (Å²) in [5.74, 6) is 0.790. The van der Waals surface area contributed by atoms with Crippen molar-refractivity contribution in [2.75, 3.05) is 11.9 Å². The van der Waals surface area contributed by atoms with Crippen LogP contribution in [0.2, 0.25) is 0 Å². The summed E-state index contributed by atoms with van der Waals surface area (Å²) in [5, 5.41) is 13.9. The Hall–Kier alpha value is -1.95. The second-order valence-corrected chi connectivity index (χ2v) is 5.96. The van der Waals surface area contributed by atoms with Gasteiger partial charge < -0.3 is 10.6 Å². The van der Waals surface area contributed by atoms with Crippen LogP contribution in [0.1, 0.15) is 24.3 Å². The number of carbonyl (C=O) groups excluding carboxylic acids is 1. The third-order valence-corrected chi connectivity index (χ3v) is 3.16. The maximum atomic E-state index is 11.8. The summed E-state index contributed by atoms with van der Waals surface area (Å²) >= 11 is 3.41. The molecule has 0 aliphatic heterocycles. The van der Waals surface area contributed by atoms with Crippen molar-refractivity contribution >= 4 is 33.3 Å². The second-order valence-electron chi connectivity index (χ2n) is 5.04. The lowest BCUT2D eigenvalue weighted by molar-refractivity contribution is 0.0943. The zero-order valence-corrected chi connectivity index (χ0v) is 13.5. The highest BCUT2D eigenvalue weighted by molar-refractivity contribution is 9.10. The molecule has 1 amide bonds. The van der Waals surface area contributed by atoms with Crippen molar-refractivity contribution < 1.29 is 4.79 Å². The van der Waals surface area contributed by atoms with E-state index in [4.69, 9.17) is 0 Å². The summed E-state index contributed by atoms with van der Waals surface area (Å²) in [5.41, 5.74) is 1.21. The highest BCUT2D eigenvalue weighted by atomic mass is 79.9. The van der Waals surface area contributed by atoms with Crippen LogP contribution in [-0.4, -0.2) is 22.6 Å². The van der Waals surface area contributed by atoms with Gasteiger partial charge in [-0.05, 0) is 36.2 Å². The number of nitrogens with zero attached hydrogens (tertiary/aromatic N) is 2. The summed E-state index contributed by atoms with van der Waals surface area (Å²) in [6.45, 7) is 4.70. The van der Waals surface area contributed by atoms with Crippen molar-refractivity contribution in [3.05, 3.63) is 46.6 Å². The Morgan fingerprint density at radius 3 is 2.67 bits per heavy atom. The summed E-state index contributed by atoms with van der Waals surface area (Å²) in [7, 11) is 0. The van der Waals surface area contributed by atoms with Crippen LogP contribution in [0.3, 0.4) is 0 Å². The van der Waals surface area contributed by atoms with Crippen LogP contribution in [-0.2, 0) is 0 Å². The van der Waals surface area contributed by atoms with E-state index in [1.54, 1.807) is 12.1 Å². The van der Waals surface area contributed by atoms with Crippen LogP contribution >= 0.6 is 15.9 Å². The van der Waals surface area contributed by atoms with Gasteiger partial charge in [-0.1, -0.05) is 35.8 Å². The fourth-order valence-electron chi connectivity index (χ4n) is 1.62. The van der Waals surface area contributed by atoms with Crippen molar-refractivity contribution in [3.63, 3.8) is 0 Å². The number of rotatable bonds is 5. The van der Waals surface area contributed by atoms with Crippen LogP contribution in [0.4, 0.5) is 11.5 Å². The van der Waals surface area contributed by atoms with Gasteiger partial charge in [-0.3, -0.25) is 4.79 Å². The number of nitrogens with one attached hydrogen (secondary N) is 2. The van der Waals surface area contributed by atoms with Crippen molar-refractivity contribution in [2.24, 2.45) is 5.92 Å². The molecule has 6 heteroatoms. The molecule has 0 unspecified atom stereocenters. The average Bonchev–Trinajstić information content (AvgIpc) is 2.45. The first-order chi connectivity index (χ1) is 10.0. The molecule has 0 aliphatic rings. The van der Waals surface area contributed by atoms with Gasteiger partial charge in [0, 0.05) is 16.7 Å². The quantitative estimate of drug-likeness (QED) is 0.869. The van der Waals surface area contributed by atoms with E-state index in [0.717, 1.165) is 10.2 Å². The van der Waals surface area contributed by atoms with Gasteiger partial charge in [0.25, 0.3) is 5.91 Å². The van der Waals surface area contributed by atoms with Crippen LogP contribution < -0.4 is 10.6 Å². The van der Waals surface area contributed by atoms with Crippen LogP contribution in [0.15, 0.2) is 40.9 Å². The first kappa shape index (κ1) is 15.4. The minimum atomic E-state index is -0.204. The van der Waals surface area contributed by atoms with E-state index in [1.165, 1.54) is 0 Å². The molecule has 0 spiro atoms. The van der Waals surface area contributed by atoms with E-state index in [9.17, 15) is 4.79 Å². The molecule has 1 aromatic heterocycles. The lowest BCUT2D eigenvalue weighted by Crippen LogP contribution is -2.28. The van der Waals surface area contributed by atoms with Gasteiger partial charge in [0.1, 0.15) is 0 Å². The van der Waals surface area contributed by atoms with Gasteiger partial charge in [0.2, 0.25) is 0 Å². The molecule has 2 rings (SSSR count). The normalized spacial score (nSPS) is 10.5. The molecule has 0 saturated carbocycles. The van der Waals surface area contributed by atoms with E-state index in [1.807, 2.05) is 38.1 Å². The van der Waals surface area contributed by atoms with Gasteiger partial charge in [-0.2, -0.15) is 0 Å². The standard InChI is InChI=1S/C15H17BrN4O/c1-10(2)9-17-15(21)13-6-7-14(20-19-13)18-12-5-3-4-11(16)8-12/h3-8,10H,9H2,1-2H3,(H,17,21)(H,18,20). The minimum Gasteiger partial charge on any atom is -0.350 e. The molecule has 21 heavy (non-hydrogen) atoms. The van der Waals surface area contributed by atoms with Gasteiger partial charge in [-0.15, -0.1) is 10.2 Å². The summed E-state index contributed by atoms with van der Waals surface area (Å²) in [4.78, 5) is 11.8. The van der Waals surface area contributed by atoms with Crippen molar-refractivity contribution in [1.29, 1.82) is 0 Å². The topological polar surface area (TPSA) is 66.9 Å². The number of carbonyl (C=O) groups is 1. The summed E-state index contributed by atoms with van der Waals surface area (Å²) in [6, 6.07) is 11.1. The monoisotopic (exact) mass is 348 g/mol. The number of halogens is 1. The third kappa shape index (κ3) is 4.82. The van der Waals surface area contributed by atoms with Crippen LogP contribution in [0, 0.1) is 5.92 Å². The van der Waals surface area contributed by atoms with E-state index in [2.05, 4.69) is 36.8 Å². The molecule has 2 N–H and O–H groups in total. The molecular weight excluding hydrogens is 332 g/mol. The zero-order valence-electron chi connectivity index (χ0n) is 11.9. The van der Waals surface area contributed by atoms with Gasteiger partial charge in [-0.25, -0.2) is 0 Å². The Balaban J connectivity index is 2.00. The minimum absolute atomic E-state index is 0.204. The lowest BCUT2D eigenvalue weighted by atomic mass is 10.2. The smallest absolute Gasteiger partial charge is 0.271 e. The van der Waals surface area contributed by atoms with Crippen LogP contribution in [0.5, 0.6) is 0 Å². The average molecular weight is 349 g/mol. The number of hydrogen-bond acceptors (Lipinski definition) is 4. The Bertz CT molecular complexity index is 613. The maximum absolute atomic E-state index is 11.8. The molecule has 1 aromatic carbocycles. The lowest BCUT2D eigenvalue weighted by Gasteiger charge is -2.08. The van der Waals surface area contributed by atoms with E-state index in [-0.39, 0.29) is 5.91 Å². The largest absolute Gasteiger partial charge is 0.350 e. The first-order valence-electron chi connectivity index (χ1n) is 6.69. The number of anilines is 2. The van der Waals surface area contributed by atoms with E-state index in [0.29, 0.717) is 24.0 Å². The maximum Gasteiger partial charge on any atom is 0.271 e. The molecule has 0 aliphatic carbocycles. The van der Waals surface area contributed by atoms with Crippen LogP contribution in [0.25, 0.3) is 0 Å². The number of benzene rings is 1. The second kappa shape index (κ2) is 7.17.